The predicted molar refractivity (Wildman–Crippen MR) is 63.7 cm³/mol. The zero-order valence-electron chi connectivity index (χ0n) is 9.88. The lowest BCUT2D eigenvalue weighted by Crippen LogP contribution is -2.33. The minimum Gasteiger partial charge on any atom is -0.711 e. The van der Waals surface area contributed by atoms with E-state index in [0.29, 0.717) is 12.2 Å². The van der Waals surface area contributed by atoms with Gasteiger partial charge in [-0.15, -0.1) is 0 Å². The summed E-state index contributed by atoms with van der Waals surface area (Å²) in [4.78, 5) is 4.14. The molecule has 0 atom stereocenters. The van der Waals surface area contributed by atoms with Crippen LogP contribution in [0.2, 0.25) is 0 Å². The van der Waals surface area contributed by atoms with E-state index in [1.165, 1.54) is 6.20 Å². The van der Waals surface area contributed by atoms with Crippen molar-refractivity contribution < 1.29 is 9.47 Å². The van der Waals surface area contributed by atoms with Gasteiger partial charge in [-0.3, -0.25) is 0 Å². The lowest BCUT2D eigenvalue weighted by Gasteiger charge is -2.07. The van der Waals surface area contributed by atoms with Crippen molar-refractivity contribution in [1.82, 2.24) is 4.98 Å². The molecule has 0 spiro atoms. The van der Waals surface area contributed by atoms with Crippen molar-refractivity contribution in [3.05, 3.63) is 58.8 Å². The Labute approximate surface area is 100 Å². The molecule has 17 heavy (non-hydrogen) atoms. The molecule has 0 saturated heterocycles. The highest BCUT2D eigenvalue weighted by molar-refractivity contribution is 5.29. The molecule has 0 amide bonds. The Hall–Kier alpha value is -2.10. The molecule has 0 fully saturated rings. The fourth-order valence-corrected chi connectivity index (χ4v) is 1.61. The molecule has 0 N–H and O–H groups in total. The van der Waals surface area contributed by atoms with Gasteiger partial charge in [0.1, 0.15) is 18.1 Å². The van der Waals surface area contributed by atoms with Gasteiger partial charge in [0, 0.05) is 5.56 Å². The summed E-state index contributed by atoms with van der Waals surface area (Å²) >= 11 is 0. The fraction of sp³-hybridized carbons (Fsp3) is 0.231. The van der Waals surface area contributed by atoms with Crippen molar-refractivity contribution in [3.63, 3.8) is 0 Å². The molecule has 0 radical (unpaired) electrons. The van der Waals surface area contributed by atoms with Gasteiger partial charge in [0.05, 0.1) is 13.5 Å². The van der Waals surface area contributed by atoms with Crippen molar-refractivity contribution in [2.75, 3.05) is 7.11 Å². The van der Waals surface area contributed by atoms with Crippen molar-refractivity contribution >= 4 is 0 Å². The first-order chi connectivity index (χ1) is 8.19. The minimum absolute atomic E-state index is 0.490. The van der Waals surface area contributed by atoms with Crippen molar-refractivity contribution in [2.24, 2.45) is 0 Å². The molecular formula is C13H14N2O2. The van der Waals surface area contributed by atoms with Crippen LogP contribution in [-0.4, -0.2) is 12.1 Å². The molecule has 0 aliphatic heterocycles. The van der Waals surface area contributed by atoms with Crippen LogP contribution in [0.4, 0.5) is 0 Å². The van der Waals surface area contributed by atoms with Crippen LogP contribution in [-0.2, 0) is 6.42 Å². The van der Waals surface area contributed by atoms with Gasteiger partial charge in [-0.2, -0.15) is 0 Å². The van der Waals surface area contributed by atoms with Crippen LogP contribution in [0.5, 0.6) is 5.75 Å². The quantitative estimate of drug-likeness (QED) is 0.594. The van der Waals surface area contributed by atoms with Gasteiger partial charge >= 0.3 is 5.82 Å². The molecule has 1 heterocycles. The van der Waals surface area contributed by atoms with Gasteiger partial charge < -0.3 is 9.94 Å². The zero-order chi connectivity index (χ0) is 12.3. The molecule has 88 valence electrons. The Morgan fingerprint density at radius 1 is 1.41 bits per heavy atom. The Balaban J connectivity index is 2.25. The Kier molecular flexibility index (Phi) is 3.23. The summed E-state index contributed by atoms with van der Waals surface area (Å²) in [5.74, 6) is 1.27. The first-order valence-corrected chi connectivity index (χ1v) is 5.36. The van der Waals surface area contributed by atoms with Crippen LogP contribution >= 0.6 is 0 Å². The third-order valence-corrected chi connectivity index (χ3v) is 2.49. The number of aromatic nitrogens is 2. The monoisotopic (exact) mass is 230 g/mol. The van der Waals surface area contributed by atoms with Crippen LogP contribution in [0.25, 0.3) is 0 Å². The molecule has 1 aromatic carbocycles. The maximum absolute atomic E-state index is 11.6. The van der Waals surface area contributed by atoms with E-state index in [1.807, 2.05) is 31.2 Å². The lowest BCUT2D eigenvalue weighted by atomic mass is 10.1. The summed E-state index contributed by atoms with van der Waals surface area (Å²) in [6.07, 6.45) is 3.73. The van der Waals surface area contributed by atoms with Gasteiger partial charge in [-0.25, -0.2) is 4.73 Å². The number of benzene rings is 1. The number of hydrogen-bond donors (Lipinski definition) is 0. The number of aryl methyl sites for hydroxylation is 1. The highest BCUT2D eigenvalue weighted by atomic mass is 16.5. The molecule has 2 aromatic rings. The topological polar surface area (TPSA) is 49.1 Å². The van der Waals surface area contributed by atoms with Crippen LogP contribution in [0.1, 0.15) is 17.0 Å². The molecule has 0 aliphatic rings. The molecular weight excluding hydrogens is 216 g/mol. The minimum atomic E-state index is 0.490. The molecule has 0 unspecified atom stereocenters. The van der Waals surface area contributed by atoms with Gasteiger partial charge in [0.15, 0.2) is 0 Å². The van der Waals surface area contributed by atoms with E-state index in [4.69, 9.17) is 4.74 Å². The average molecular weight is 230 g/mol. The summed E-state index contributed by atoms with van der Waals surface area (Å²) < 4.78 is 5.95. The summed E-state index contributed by atoms with van der Waals surface area (Å²) in [5.41, 5.74) is 1.86. The Morgan fingerprint density at radius 3 is 2.94 bits per heavy atom. The maximum Gasteiger partial charge on any atom is 0.305 e. The van der Waals surface area contributed by atoms with Crippen molar-refractivity contribution in [2.45, 2.75) is 13.3 Å². The lowest BCUT2D eigenvalue weighted by molar-refractivity contribution is -0.617. The summed E-state index contributed by atoms with van der Waals surface area (Å²) in [5, 5.41) is 11.6. The van der Waals surface area contributed by atoms with E-state index in [9.17, 15) is 5.21 Å². The second kappa shape index (κ2) is 4.82. The van der Waals surface area contributed by atoms with Crippen molar-refractivity contribution in [1.29, 1.82) is 0 Å². The standard InChI is InChI=1S/C13H14N2O2/c1-10-8-14-13(15(16)9-10)7-11-4-3-5-12(6-11)17-2/h3-6,8-9H,7H2,1-2H3. The second-order valence-electron chi connectivity index (χ2n) is 3.90. The van der Waals surface area contributed by atoms with Gasteiger partial charge in [-0.05, 0) is 24.6 Å². The first kappa shape index (κ1) is 11.4. The average Bonchev–Trinajstić information content (AvgIpc) is 2.33. The fourth-order valence-electron chi connectivity index (χ4n) is 1.61. The van der Waals surface area contributed by atoms with Crippen LogP contribution in [0, 0.1) is 12.1 Å². The van der Waals surface area contributed by atoms with Crippen LogP contribution < -0.4 is 9.47 Å². The van der Waals surface area contributed by atoms with E-state index in [0.717, 1.165) is 21.6 Å². The molecule has 0 aliphatic carbocycles. The van der Waals surface area contributed by atoms with Crippen LogP contribution in [0.15, 0.2) is 36.7 Å². The number of rotatable bonds is 3. The highest BCUT2D eigenvalue weighted by Gasteiger charge is 2.09. The highest BCUT2D eigenvalue weighted by Crippen LogP contribution is 2.14. The predicted octanol–water partition coefficient (Wildman–Crippen LogP) is 1.62. The smallest absolute Gasteiger partial charge is 0.305 e. The molecule has 1 aromatic heterocycles. The van der Waals surface area contributed by atoms with Gasteiger partial charge in [0.2, 0.25) is 0 Å². The third-order valence-electron chi connectivity index (χ3n) is 2.49. The molecule has 0 saturated carbocycles. The normalized spacial score (nSPS) is 10.2. The second-order valence-corrected chi connectivity index (χ2v) is 3.90. The first-order valence-electron chi connectivity index (χ1n) is 5.36. The number of methoxy groups -OCH3 is 1. The van der Waals surface area contributed by atoms with E-state index in [2.05, 4.69) is 4.98 Å². The van der Waals surface area contributed by atoms with Crippen LogP contribution in [0.3, 0.4) is 0 Å². The maximum atomic E-state index is 11.6. The Morgan fingerprint density at radius 2 is 2.24 bits per heavy atom. The molecule has 2 rings (SSSR count). The third kappa shape index (κ3) is 2.72. The number of hydrogen-bond acceptors (Lipinski definition) is 3. The largest absolute Gasteiger partial charge is 0.711 e. The SMILES string of the molecule is COc1cccc(Cc2ncc(C)c[n+]2[O-])c1. The van der Waals surface area contributed by atoms with Gasteiger partial charge in [-0.1, -0.05) is 17.1 Å². The zero-order valence-corrected chi connectivity index (χ0v) is 9.88. The van der Waals surface area contributed by atoms with E-state index in [1.54, 1.807) is 13.3 Å². The number of ether oxygens (including phenoxy) is 1. The van der Waals surface area contributed by atoms with Gasteiger partial charge in [0.25, 0.3) is 0 Å². The molecule has 0 bridgehead atoms. The molecule has 4 nitrogen and oxygen atoms in total. The van der Waals surface area contributed by atoms with E-state index < -0.39 is 0 Å². The summed E-state index contributed by atoms with van der Waals surface area (Å²) in [6, 6.07) is 7.63. The summed E-state index contributed by atoms with van der Waals surface area (Å²) in [6.45, 7) is 1.84. The van der Waals surface area contributed by atoms with E-state index in [-0.39, 0.29) is 0 Å². The number of nitrogens with zero attached hydrogens (tertiary/aromatic N) is 2. The Bertz CT molecular complexity index is 527. The van der Waals surface area contributed by atoms with E-state index >= 15 is 0 Å². The molecule has 4 heteroatoms. The van der Waals surface area contributed by atoms with Crippen molar-refractivity contribution in [3.8, 4) is 5.75 Å². The summed E-state index contributed by atoms with van der Waals surface area (Å²) in [7, 11) is 1.62.